The minimum Gasteiger partial charge on any atom is -0.455 e. The summed E-state index contributed by atoms with van der Waals surface area (Å²) in [6.07, 6.45) is 5.53. The molecule has 0 aliphatic heterocycles. The van der Waals surface area contributed by atoms with Gasteiger partial charge < -0.3 is 25.2 Å². The molecular weight excluding hydrogens is 532 g/mol. The van der Waals surface area contributed by atoms with E-state index in [1.807, 2.05) is 66.7 Å². The zero-order valence-electron chi connectivity index (χ0n) is 24.9. The van der Waals surface area contributed by atoms with E-state index in [2.05, 4.69) is 23.8 Å². The lowest BCUT2D eigenvalue weighted by molar-refractivity contribution is -0.158. The maximum absolute atomic E-state index is 13.7. The van der Waals surface area contributed by atoms with Gasteiger partial charge in [0.2, 0.25) is 11.8 Å². The van der Waals surface area contributed by atoms with Gasteiger partial charge in [0.15, 0.2) is 0 Å². The van der Waals surface area contributed by atoms with E-state index < -0.39 is 24.1 Å². The number of aliphatic hydroxyl groups excluding tert-OH is 1. The number of hydrogen-bond donors (Lipinski definition) is 3. The van der Waals surface area contributed by atoms with Crippen LogP contribution in [0.2, 0.25) is 0 Å². The SMILES string of the molecule is C=CCCCC(Cc1ccccc1)C(=O)OC(c1ccccc1)C(COC)NC(=O)C(CC=C)CC(=O)NC(C)CO. The Labute approximate surface area is 250 Å². The first kappa shape index (κ1) is 34.5. The number of aliphatic hydroxyl groups is 1. The predicted octanol–water partition coefficient (Wildman–Crippen LogP) is 4.70. The van der Waals surface area contributed by atoms with Crippen LogP contribution in [0.25, 0.3) is 0 Å². The van der Waals surface area contributed by atoms with E-state index in [1.54, 1.807) is 13.0 Å². The Hall–Kier alpha value is -3.75. The van der Waals surface area contributed by atoms with Gasteiger partial charge in [-0.1, -0.05) is 72.8 Å². The summed E-state index contributed by atoms with van der Waals surface area (Å²) in [5.74, 6) is -2.18. The van der Waals surface area contributed by atoms with Crippen LogP contribution in [-0.2, 0) is 30.3 Å². The number of unbranched alkanes of at least 4 members (excludes halogenated alkanes) is 1. The van der Waals surface area contributed by atoms with Crippen molar-refractivity contribution in [2.75, 3.05) is 20.3 Å². The molecule has 5 unspecified atom stereocenters. The molecule has 5 atom stereocenters. The Bertz CT molecular complexity index is 1110. The quantitative estimate of drug-likeness (QED) is 0.119. The Kier molecular flexibility index (Phi) is 15.9. The largest absolute Gasteiger partial charge is 0.455 e. The number of rotatable bonds is 20. The van der Waals surface area contributed by atoms with Crippen molar-refractivity contribution in [2.45, 2.75) is 63.6 Å². The summed E-state index contributed by atoms with van der Waals surface area (Å²) in [6, 6.07) is 17.9. The fraction of sp³-hybridized carbons (Fsp3) is 0.441. The topological polar surface area (TPSA) is 114 Å². The molecule has 0 saturated heterocycles. The van der Waals surface area contributed by atoms with E-state index in [9.17, 15) is 19.5 Å². The summed E-state index contributed by atoms with van der Waals surface area (Å²) < 4.78 is 11.7. The van der Waals surface area contributed by atoms with Crippen molar-refractivity contribution in [3.05, 3.63) is 97.1 Å². The van der Waals surface area contributed by atoms with Crippen molar-refractivity contribution in [3.8, 4) is 0 Å². The minimum atomic E-state index is -0.826. The first-order chi connectivity index (χ1) is 20.3. The normalized spacial score (nSPS) is 14.5. The van der Waals surface area contributed by atoms with Crippen LogP contribution in [0.5, 0.6) is 0 Å². The van der Waals surface area contributed by atoms with Crippen molar-refractivity contribution < 1.29 is 29.0 Å². The highest BCUT2D eigenvalue weighted by Crippen LogP contribution is 2.27. The standard InChI is InChI=1S/C34H46N2O6/c1-5-7-10-20-29(21-26-16-11-8-12-17-26)34(40)42-32(27-18-13-9-14-19-27)30(24-41-4)36-33(39)28(15-6-2)22-31(38)35-25(3)23-37/h5-6,8-9,11-14,16-19,25,28-30,32,37H,1-2,7,10,15,20-24H2,3-4H3,(H,35,38)(H,36,39). The van der Waals surface area contributed by atoms with Gasteiger partial charge in [-0.25, -0.2) is 0 Å². The van der Waals surface area contributed by atoms with Crippen LogP contribution in [0.15, 0.2) is 86.0 Å². The fourth-order valence-electron chi connectivity index (χ4n) is 4.73. The third kappa shape index (κ3) is 12.0. The Morgan fingerprint density at radius 3 is 2.21 bits per heavy atom. The van der Waals surface area contributed by atoms with E-state index in [4.69, 9.17) is 9.47 Å². The summed E-state index contributed by atoms with van der Waals surface area (Å²) in [5.41, 5.74) is 1.75. The van der Waals surface area contributed by atoms with E-state index in [0.29, 0.717) is 18.4 Å². The summed E-state index contributed by atoms with van der Waals surface area (Å²) in [6.45, 7) is 9.08. The Balaban J connectivity index is 2.31. The van der Waals surface area contributed by atoms with Gasteiger partial charge in [-0.15, -0.1) is 13.2 Å². The first-order valence-corrected chi connectivity index (χ1v) is 14.5. The molecule has 2 aromatic rings. The molecule has 0 aliphatic carbocycles. The summed E-state index contributed by atoms with van der Waals surface area (Å²) in [5, 5.41) is 14.9. The van der Waals surface area contributed by atoms with Gasteiger partial charge >= 0.3 is 5.97 Å². The van der Waals surface area contributed by atoms with Crippen molar-refractivity contribution >= 4 is 17.8 Å². The average molecular weight is 579 g/mol. The highest BCUT2D eigenvalue weighted by Gasteiger charge is 2.33. The van der Waals surface area contributed by atoms with Crippen molar-refractivity contribution in [1.29, 1.82) is 0 Å². The van der Waals surface area contributed by atoms with Crippen molar-refractivity contribution in [1.82, 2.24) is 10.6 Å². The molecule has 2 amide bonds. The third-order valence-corrected chi connectivity index (χ3v) is 6.96. The zero-order chi connectivity index (χ0) is 30.7. The van der Waals surface area contributed by atoms with Gasteiger partial charge in [-0.2, -0.15) is 0 Å². The molecule has 228 valence electrons. The van der Waals surface area contributed by atoms with Crippen molar-refractivity contribution in [2.24, 2.45) is 11.8 Å². The lowest BCUT2D eigenvalue weighted by Gasteiger charge is -2.30. The van der Waals surface area contributed by atoms with Crippen LogP contribution in [0, 0.1) is 11.8 Å². The van der Waals surface area contributed by atoms with Crippen LogP contribution in [-0.4, -0.2) is 55.3 Å². The fourth-order valence-corrected chi connectivity index (χ4v) is 4.73. The molecule has 0 bridgehead atoms. The molecule has 3 N–H and O–H groups in total. The van der Waals surface area contributed by atoms with E-state index >= 15 is 0 Å². The van der Waals surface area contributed by atoms with Gasteiger partial charge in [-0.05, 0) is 50.2 Å². The molecule has 0 spiro atoms. The Morgan fingerprint density at radius 2 is 1.62 bits per heavy atom. The van der Waals surface area contributed by atoms with Gasteiger partial charge in [-0.3, -0.25) is 14.4 Å². The number of nitrogens with one attached hydrogen (secondary N) is 2. The lowest BCUT2D eigenvalue weighted by atomic mass is 9.93. The molecule has 42 heavy (non-hydrogen) atoms. The molecule has 0 heterocycles. The summed E-state index contributed by atoms with van der Waals surface area (Å²) in [7, 11) is 1.52. The molecular formula is C34H46N2O6. The number of carbonyl (C=O) groups is 3. The molecule has 0 saturated carbocycles. The molecule has 2 rings (SSSR count). The van der Waals surface area contributed by atoms with Crippen LogP contribution in [0.1, 0.15) is 56.3 Å². The number of methoxy groups -OCH3 is 1. The van der Waals surface area contributed by atoms with Gasteiger partial charge in [0.1, 0.15) is 6.10 Å². The first-order valence-electron chi connectivity index (χ1n) is 14.5. The maximum Gasteiger partial charge on any atom is 0.309 e. The molecule has 8 nitrogen and oxygen atoms in total. The minimum absolute atomic E-state index is 0.0763. The summed E-state index contributed by atoms with van der Waals surface area (Å²) in [4.78, 5) is 39.7. The lowest BCUT2D eigenvalue weighted by Crippen LogP contribution is -2.47. The van der Waals surface area contributed by atoms with Gasteiger partial charge in [0, 0.05) is 19.6 Å². The molecule has 8 heteroatoms. The number of amides is 2. The number of esters is 1. The molecule has 0 fully saturated rings. The smallest absolute Gasteiger partial charge is 0.309 e. The second-order valence-corrected chi connectivity index (χ2v) is 10.5. The van der Waals surface area contributed by atoms with Gasteiger partial charge in [0.25, 0.3) is 0 Å². The highest BCUT2D eigenvalue weighted by atomic mass is 16.5. The second kappa shape index (κ2) is 19.4. The highest BCUT2D eigenvalue weighted by molar-refractivity contribution is 5.86. The van der Waals surface area contributed by atoms with Crippen LogP contribution in [0.3, 0.4) is 0 Å². The monoisotopic (exact) mass is 578 g/mol. The molecule has 2 aromatic carbocycles. The van der Waals surface area contributed by atoms with E-state index in [1.165, 1.54) is 7.11 Å². The predicted molar refractivity (Wildman–Crippen MR) is 164 cm³/mol. The second-order valence-electron chi connectivity index (χ2n) is 10.5. The zero-order valence-corrected chi connectivity index (χ0v) is 24.9. The number of benzene rings is 2. The Morgan fingerprint density at radius 1 is 0.952 bits per heavy atom. The van der Waals surface area contributed by atoms with Crippen molar-refractivity contribution in [3.63, 3.8) is 0 Å². The van der Waals surface area contributed by atoms with E-state index in [-0.39, 0.29) is 49.8 Å². The summed E-state index contributed by atoms with van der Waals surface area (Å²) >= 11 is 0. The van der Waals surface area contributed by atoms with E-state index in [0.717, 1.165) is 18.4 Å². The van der Waals surface area contributed by atoms with Gasteiger partial charge in [0.05, 0.1) is 31.1 Å². The number of allylic oxidation sites excluding steroid dienone is 2. The van der Waals surface area contributed by atoms with Crippen LogP contribution >= 0.6 is 0 Å². The van der Waals surface area contributed by atoms with Crippen LogP contribution < -0.4 is 10.6 Å². The molecule has 0 aromatic heterocycles. The third-order valence-electron chi connectivity index (χ3n) is 6.96. The molecule has 0 radical (unpaired) electrons. The maximum atomic E-state index is 13.7. The van der Waals surface area contributed by atoms with Crippen LogP contribution in [0.4, 0.5) is 0 Å². The molecule has 0 aliphatic rings. The number of ether oxygens (including phenoxy) is 2. The number of carbonyl (C=O) groups excluding carboxylic acids is 3. The number of hydrogen-bond acceptors (Lipinski definition) is 6. The average Bonchev–Trinajstić information content (AvgIpc) is 2.99.